The van der Waals surface area contributed by atoms with Crippen LogP contribution in [0.3, 0.4) is 0 Å². The Labute approximate surface area is 95.9 Å². The highest BCUT2D eigenvalue weighted by Gasteiger charge is 2.04. The van der Waals surface area contributed by atoms with Gasteiger partial charge in [-0.05, 0) is 43.5 Å². The predicted molar refractivity (Wildman–Crippen MR) is 64.1 cm³/mol. The van der Waals surface area contributed by atoms with E-state index in [1.54, 1.807) is 0 Å². The third-order valence-electron chi connectivity index (χ3n) is 1.97. The Bertz CT molecular complexity index is 374. The average Bonchev–Trinajstić information content (AvgIpc) is 2.12. The lowest BCUT2D eigenvalue weighted by Crippen LogP contribution is -2.17. The molecule has 16 heavy (non-hydrogen) atoms. The highest BCUT2D eigenvalue weighted by Crippen LogP contribution is 2.18. The Kier molecular flexibility index (Phi) is 4.50. The monoisotopic (exact) mass is 223 g/mol. The molecular weight excluding hydrogens is 205 g/mol. The zero-order chi connectivity index (χ0) is 12.1. The van der Waals surface area contributed by atoms with Crippen molar-refractivity contribution in [3.63, 3.8) is 0 Å². The molecule has 88 valence electrons. The summed E-state index contributed by atoms with van der Waals surface area (Å²) in [6.45, 7) is 7.88. The molecule has 0 aliphatic heterocycles. The summed E-state index contributed by atoms with van der Waals surface area (Å²) in [5, 5.41) is 0. The highest BCUT2D eigenvalue weighted by molar-refractivity contribution is 5.30. The Morgan fingerprint density at radius 1 is 1.50 bits per heavy atom. The summed E-state index contributed by atoms with van der Waals surface area (Å²) in [5.41, 5.74) is 7.42. The lowest BCUT2D eigenvalue weighted by atomic mass is 10.1. The van der Waals surface area contributed by atoms with Crippen LogP contribution in [0, 0.1) is 5.82 Å². The first-order chi connectivity index (χ1) is 7.47. The van der Waals surface area contributed by atoms with Gasteiger partial charge in [0.25, 0.3) is 0 Å². The second kappa shape index (κ2) is 5.66. The highest BCUT2D eigenvalue weighted by atomic mass is 19.1. The van der Waals surface area contributed by atoms with Gasteiger partial charge in [0.2, 0.25) is 0 Å². The van der Waals surface area contributed by atoms with E-state index in [4.69, 9.17) is 10.5 Å². The van der Waals surface area contributed by atoms with E-state index in [0.29, 0.717) is 18.8 Å². The summed E-state index contributed by atoms with van der Waals surface area (Å²) in [6.07, 6.45) is 0.640. The maximum Gasteiger partial charge on any atom is 0.127 e. The van der Waals surface area contributed by atoms with Gasteiger partial charge in [-0.1, -0.05) is 6.58 Å². The number of nitrogens with two attached hydrogens (primary N) is 1. The normalized spacial score (nSPS) is 12.2. The summed E-state index contributed by atoms with van der Waals surface area (Å²) in [7, 11) is 0. The summed E-state index contributed by atoms with van der Waals surface area (Å²) in [6, 6.07) is 4.68. The molecule has 2 N–H and O–H groups in total. The van der Waals surface area contributed by atoms with Crippen LogP contribution in [0.2, 0.25) is 0 Å². The van der Waals surface area contributed by atoms with E-state index in [1.165, 1.54) is 12.1 Å². The molecule has 0 aliphatic rings. The van der Waals surface area contributed by atoms with Gasteiger partial charge in [0, 0.05) is 12.1 Å². The lowest BCUT2D eigenvalue weighted by Gasteiger charge is -2.10. The molecule has 1 aromatic rings. The fourth-order valence-corrected chi connectivity index (χ4v) is 1.40. The van der Waals surface area contributed by atoms with E-state index < -0.39 is 0 Å². The molecule has 1 atom stereocenters. The molecule has 0 saturated heterocycles. The quantitative estimate of drug-likeness (QED) is 0.779. The van der Waals surface area contributed by atoms with E-state index in [-0.39, 0.29) is 11.9 Å². The molecule has 0 spiro atoms. The Hall–Kier alpha value is -1.35. The molecule has 1 aromatic carbocycles. The first kappa shape index (κ1) is 12.7. The van der Waals surface area contributed by atoms with Crippen molar-refractivity contribution in [2.45, 2.75) is 26.3 Å². The second-order valence-electron chi connectivity index (χ2n) is 4.22. The topological polar surface area (TPSA) is 35.2 Å². The van der Waals surface area contributed by atoms with E-state index >= 15 is 0 Å². The van der Waals surface area contributed by atoms with Gasteiger partial charge in [0.15, 0.2) is 0 Å². The maximum atomic E-state index is 13.3. The zero-order valence-corrected chi connectivity index (χ0v) is 9.79. The lowest BCUT2D eigenvalue weighted by molar-refractivity contribution is 0.350. The number of rotatable bonds is 5. The molecule has 0 saturated carbocycles. The van der Waals surface area contributed by atoms with Gasteiger partial charge in [-0.2, -0.15) is 0 Å². The van der Waals surface area contributed by atoms with Gasteiger partial charge in [-0.25, -0.2) is 4.39 Å². The summed E-state index contributed by atoms with van der Waals surface area (Å²) in [5.74, 6) is 0.230. The SMILES string of the molecule is C=C(C)COc1cc(F)cc(CC(C)N)c1. The Morgan fingerprint density at radius 3 is 2.75 bits per heavy atom. The van der Waals surface area contributed by atoms with Crippen molar-refractivity contribution in [1.82, 2.24) is 0 Å². The molecule has 0 fully saturated rings. The number of hydrogen-bond donors (Lipinski definition) is 1. The minimum atomic E-state index is -0.296. The smallest absolute Gasteiger partial charge is 0.127 e. The first-order valence-corrected chi connectivity index (χ1v) is 5.29. The van der Waals surface area contributed by atoms with E-state index in [2.05, 4.69) is 6.58 Å². The third-order valence-corrected chi connectivity index (χ3v) is 1.97. The maximum absolute atomic E-state index is 13.3. The van der Waals surface area contributed by atoms with Crippen LogP contribution in [0.15, 0.2) is 30.4 Å². The third kappa shape index (κ3) is 4.45. The van der Waals surface area contributed by atoms with Gasteiger partial charge < -0.3 is 10.5 Å². The molecule has 0 radical (unpaired) electrons. The van der Waals surface area contributed by atoms with Crippen LogP contribution in [0.25, 0.3) is 0 Å². The van der Waals surface area contributed by atoms with Crippen molar-refractivity contribution >= 4 is 0 Å². The molecule has 0 aromatic heterocycles. The van der Waals surface area contributed by atoms with Crippen molar-refractivity contribution in [2.24, 2.45) is 5.73 Å². The first-order valence-electron chi connectivity index (χ1n) is 5.29. The summed E-state index contributed by atoms with van der Waals surface area (Å²) >= 11 is 0. The van der Waals surface area contributed by atoms with Gasteiger partial charge in [0.1, 0.15) is 18.2 Å². The van der Waals surface area contributed by atoms with Gasteiger partial charge in [-0.3, -0.25) is 0 Å². The van der Waals surface area contributed by atoms with Crippen LogP contribution < -0.4 is 10.5 Å². The minimum absolute atomic E-state index is 0.00999. The fourth-order valence-electron chi connectivity index (χ4n) is 1.40. The average molecular weight is 223 g/mol. The predicted octanol–water partition coefficient (Wildman–Crippen LogP) is 2.67. The van der Waals surface area contributed by atoms with Crippen molar-refractivity contribution in [1.29, 1.82) is 0 Å². The van der Waals surface area contributed by atoms with Crippen molar-refractivity contribution in [2.75, 3.05) is 6.61 Å². The summed E-state index contributed by atoms with van der Waals surface area (Å²) < 4.78 is 18.6. The largest absolute Gasteiger partial charge is 0.489 e. The van der Waals surface area contributed by atoms with Crippen molar-refractivity contribution in [3.8, 4) is 5.75 Å². The number of benzene rings is 1. The molecule has 0 amide bonds. The van der Waals surface area contributed by atoms with E-state index in [0.717, 1.165) is 11.1 Å². The van der Waals surface area contributed by atoms with Crippen molar-refractivity contribution < 1.29 is 9.13 Å². The second-order valence-corrected chi connectivity index (χ2v) is 4.22. The molecule has 2 nitrogen and oxygen atoms in total. The molecular formula is C13H18FNO. The zero-order valence-electron chi connectivity index (χ0n) is 9.79. The van der Waals surface area contributed by atoms with Crippen LogP contribution in [-0.2, 0) is 6.42 Å². The van der Waals surface area contributed by atoms with Gasteiger partial charge in [-0.15, -0.1) is 0 Å². The van der Waals surface area contributed by atoms with Gasteiger partial charge in [0.05, 0.1) is 0 Å². The molecule has 0 bridgehead atoms. The van der Waals surface area contributed by atoms with Crippen molar-refractivity contribution in [3.05, 3.63) is 41.7 Å². The number of ether oxygens (including phenoxy) is 1. The molecule has 0 heterocycles. The van der Waals surface area contributed by atoms with Crippen LogP contribution >= 0.6 is 0 Å². The van der Waals surface area contributed by atoms with Crippen LogP contribution in [0.4, 0.5) is 4.39 Å². The fraction of sp³-hybridized carbons (Fsp3) is 0.385. The minimum Gasteiger partial charge on any atom is -0.489 e. The Balaban J connectivity index is 2.77. The van der Waals surface area contributed by atoms with E-state index in [1.807, 2.05) is 19.9 Å². The molecule has 1 unspecified atom stereocenters. The molecule has 1 rings (SSSR count). The number of hydrogen-bond acceptors (Lipinski definition) is 2. The Morgan fingerprint density at radius 2 is 2.19 bits per heavy atom. The van der Waals surface area contributed by atoms with E-state index in [9.17, 15) is 4.39 Å². The van der Waals surface area contributed by atoms with Crippen LogP contribution in [-0.4, -0.2) is 12.6 Å². The molecule has 3 heteroatoms. The van der Waals surface area contributed by atoms with Gasteiger partial charge >= 0.3 is 0 Å². The van der Waals surface area contributed by atoms with Crippen LogP contribution in [0.5, 0.6) is 5.75 Å². The number of halogens is 1. The summed E-state index contributed by atoms with van der Waals surface area (Å²) in [4.78, 5) is 0. The van der Waals surface area contributed by atoms with Crippen LogP contribution in [0.1, 0.15) is 19.4 Å². The standard InChI is InChI=1S/C13H18FNO/c1-9(2)8-16-13-6-11(4-10(3)15)5-12(14)7-13/h5-7,10H,1,4,8,15H2,2-3H3. The molecule has 0 aliphatic carbocycles.